The van der Waals surface area contributed by atoms with Gasteiger partial charge in [0, 0.05) is 6.20 Å². The lowest BCUT2D eigenvalue weighted by Gasteiger charge is -1.94. The van der Waals surface area contributed by atoms with E-state index in [-0.39, 0.29) is 0 Å². The molecule has 1 aromatic rings. The van der Waals surface area contributed by atoms with Crippen molar-refractivity contribution in [2.75, 3.05) is 0 Å². The van der Waals surface area contributed by atoms with E-state index in [0.29, 0.717) is 16.9 Å². The fourth-order valence-electron chi connectivity index (χ4n) is 0.508. The van der Waals surface area contributed by atoms with Crippen molar-refractivity contribution >= 4 is 18.2 Å². The van der Waals surface area contributed by atoms with E-state index in [1.54, 1.807) is 0 Å². The summed E-state index contributed by atoms with van der Waals surface area (Å²) in [6.07, 6.45) is 3.45. The van der Waals surface area contributed by atoms with E-state index in [1.165, 1.54) is 12.5 Å². The summed E-state index contributed by atoms with van der Waals surface area (Å²) in [5.74, 6) is 0. The first-order valence-electron chi connectivity index (χ1n) is 2.50. The highest BCUT2D eigenvalue weighted by Crippen LogP contribution is 2.09. The summed E-state index contributed by atoms with van der Waals surface area (Å²) in [6, 6.07) is 0. The van der Waals surface area contributed by atoms with Gasteiger partial charge in [0.1, 0.15) is 11.4 Å². The predicted molar refractivity (Wildman–Crippen MR) is 37.5 cm³/mol. The topological polar surface area (TPSA) is 68.9 Å². The first-order valence-corrected chi connectivity index (χ1v) is 3.38. The molecule has 0 radical (unpaired) electrons. The van der Waals surface area contributed by atoms with Crippen molar-refractivity contribution in [2.45, 2.75) is 5.03 Å². The highest BCUT2D eigenvalue weighted by Gasteiger charge is 1.99. The highest BCUT2D eigenvalue weighted by atomic mass is 32.2. The maximum Gasteiger partial charge on any atom is 0.154 e. The molecule has 1 heterocycles. The van der Waals surface area contributed by atoms with Gasteiger partial charge in [0.05, 0.1) is 5.56 Å². The maximum atomic E-state index is 10.2. The van der Waals surface area contributed by atoms with Crippen LogP contribution in [0.5, 0.6) is 0 Å². The van der Waals surface area contributed by atoms with Gasteiger partial charge in [-0.25, -0.2) is 9.97 Å². The number of hydrogen-bond donors (Lipinski definition) is 1. The molecule has 0 aliphatic heterocycles. The summed E-state index contributed by atoms with van der Waals surface area (Å²) < 4.78 is 0. The van der Waals surface area contributed by atoms with Crippen LogP contribution in [-0.4, -0.2) is 16.3 Å². The van der Waals surface area contributed by atoms with Gasteiger partial charge in [0.15, 0.2) is 6.29 Å². The van der Waals surface area contributed by atoms with Gasteiger partial charge in [0.25, 0.3) is 0 Å². The Balaban J connectivity index is 3.08. The van der Waals surface area contributed by atoms with Crippen molar-refractivity contribution in [3.63, 3.8) is 0 Å². The highest BCUT2D eigenvalue weighted by molar-refractivity contribution is 7.97. The third-order valence-electron chi connectivity index (χ3n) is 0.941. The fourth-order valence-corrected chi connectivity index (χ4v) is 0.853. The second-order valence-electron chi connectivity index (χ2n) is 1.52. The quantitative estimate of drug-likeness (QED) is 0.377. The van der Waals surface area contributed by atoms with E-state index >= 15 is 0 Å². The van der Waals surface area contributed by atoms with E-state index in [4.69, 9.17) is 5.14 Å². The number of rotatable bonds is 2. The van der Waals surface area contributed by atoms with Crippen molar-refractivity contribution in [3.8, 4) is 0 Å². The van der Waals surface area contributed by atoms with Crippen LogP contribution in [-0.2, 0) is 0 Å². The normalized spacial score (nSPS) is 9.30. The summed E-state index contributed by atoms with van der Waals surface area (Å²) in [4.78, 5) is 17.7. The number of hydrogen-bond acceptors (Lipinski definition) is 5. The monoisotopic (exact) mass is 155 g/mol. The van der Waals surface area contributed by atoms with E-state index < -0.39 is 0 Å². The number of aromatic nitrogens is 2. The van der Waals surface area contributed by atoms with Crippen molar-refractivity contribution in [3.05, 3.63) is 18.1 Å². The summed E-state index contributed by atoms with van der Waals surface area (Å²) in [5.41, 5.74) is 0.426. The minimum Gasteiger partial charge on any atom is -0.298 e. The Morgan fingerprint density at radius 1 is 1.70 bits per heavy atom. The van der Waals surface area contributed by atoms with Crippen molar-refractivity contribution in [1.29, 1.82) is 0 Å². The van der Waals surface area contributed by atoms with E-state index in [2.05, 4.69) is 9.97 Å². The van der Waals surface area contributed by atoms with Gasteiger partial charge in [-0.1, -0.05) is 0 Å². The van der Waals surface area contributed by atoms with Crippen LogP contribution in [0.3, 0.4) is 0 Å². The summed E-state index contributed by atoms with van der Waals surface area (Å²) in [7, 11) is 0. The number of nitrogens with two attached hydrogens (primary N) is 1. The number of aldehydes is 1. The number of nitrogens with zero attached hydrogens (tertiary/aromatic N) is 2. The molecule has 1 aromatic heterocycles. The maximum absolute atomic E-state index is 10.2. The van der Waals surface area contributed by atoms with Gasteiger partial charge >= 0.3 is 0 Å². The zero-order valence-corrected chi connectivity index (χ0v) is 5.84. The predicted octanol–water partition coefficient (Wildman–Crippen LogP) is 0.255. The minimum atomic E-state index is 0.426. The van der Waals surface area contributed by atoms with Gasteiger partial charge in [-0.3, -0.25) is 9.93 Å². The second-order valence-corrected chi connectivity index (χ2v) is 2.14. The van der Waals surface area contributed by atoms with Crippen molar-refractivity contribution in [1.82, 2.24) is 9.97 Å². The van der Waals surface area contributed by atoms with Crippen LogP contribution in [0.2, 0.25) is 0 Å². The Labute approximate surface area is 62.0 Å². The molecule has 52 valence electrons. The van der Waals surface area contributed by atoms with E-state index in [9.17, 15) is 4.79 Å². The zero-order valence-electron chi connectivity index (χ0n) is 5.02. The molecule has 0 aliphatic rings. The van der Waals surface area contributed by atoms with Crippen LogP contribution in [0.1, 0.15) is 10.4 Å². The van der Waals surface area contributed by atoms with Gasteiger partial charge in [0.2, 0.25) is 0 Å². The molecular formula is C5H5N3OS. The number of carbonyl (C=O) groups excluding carboxylic acids is 1. The van der Waals surface area contributed by atoms with Crippen molar-refractivity contribution in [2.24, 2.45) is 5.14 Å². The third-order valence-corrected chi connectivity index (χ3v) is 1.51. The standard InChI is InChI=1S/C5H5N3OS/c6-10-5-4(2-9)1-7-3-8-5/h1-3H,6H2. The third kappa shape index (κ3) is 1.31. The van der Waals surface area contributed by atoms with Gasteiger partial charge in [-0.15, -0.1) is 0 Å². The molecule has 0 aromatic carbocycles. The average molecular weight is 155 g/mol. The van der Waals surface area contributed by atoms with Gasteiger partial charge in [-0.2, -0.15) is 0 Å². The molecule has 5 heteroatoms. The van der Waals surface area contributed by atoms with Crippen LogP contribution in [0.15, 0.2) is 17.6 Å². The van der Waals surface area contributed by atoms with Crippen LogP contribution in [0.25, 0.3) is 0 Å². The molecule has 0 fully saturated rings. The first kappa shape index (κ1) is 7.17. The van der Waals surface area contributed by atoms with Gasteiger partial charge < -0.3 is 0 Å². The Bertz CT molecular complexity index is 240. The van der Waals surface area contributed by atoms with Gasteiger partial charge in [-0.05, 0) is 11.9 Å². The molecular weight excluding hydrogens is 150 g/mol. The lowest BCUT2D eigenvalue weighted by atomic mass is 10.4. The Kier molecular flexibility index (Phi) is 2.35. The minimum absolute atomic E-state index is 0.426. The average Bonchev–Trinajstić information content (AvgIpc) is 2.04. The van der Waals surface area contributed by atoms with Crippen LogP contribution < -0.4 is 5.14 Å². The molecule has 0 unspecified atom stereocenters. The second kappa shape index (κ2) is 3.28. The fraction of sp³-hybridized carbons (Fsp3) is 0. The Morgan fingerprint density at radius 2 is 2.50 bits per heavy atom. The molecule has 10 heavy (non-hydrogen) atoms. The molecule has 4 nitrogen and oxygen atoms in total. The molecule has 0 spiro atoms. The van der Waals surface area contributed by atoms with Crippen LogP contribution in [0.4, 0.5) is 0 Å². The Morgan fingerprint density at radius 3 is 3.00 bits per heavy atom. The SMILES string of the molecule is NSc1ncncc1C=O. The summed E-state index contributed by atoms with van der Waals surface area (Å²) in [5, 5.41) is 5.70. The molecule has 0 atom stereocenters. The molecule has 0 aliphatic carbocycles. The lowest BCUT2D eigenvalue weighted by molar-refractivity contribution is 0.112. The molecule has 0 bridgehead atoms. The molecule has 0 amide bonds. The molecule has 0 saturated heterocycles. The van der Waals surface area contributed by atoms with Crippen LogP contribution >= 0.6 is 11.9 Å². The zero-order chi connectivity index (χ0) is 7.40. The van der Waals surface area contributed by atoms with E-state index in [1.807, 2.05) is 0 Å². The lowest BCUT2D eigenvalue weighted by Crippen LogP contribution is -1.92. The first-order chi connectivity index (χ1) is 4.88. The van der Waals surface area contributed by atoms with E-state index in [0.717, 1.165) is 11.9 Å². The smallest absolute Gasteiger partial charge is 0.154 e. The molecule has 1 rings (SSSR count). The van der Waals surface area contributed by atoms with Crippen LogP contribution in [0, 0.1) is 0 Å². The summed E-state index contributed by atoms with van der Waals surface area (Å²) >= 11 is 0.938. The molecule has 0 saturated carbocycles. The summed E-state index contributed by atoms with van der Waals surface area (Å²) in [6.45, 7) is 0. The molecule has 2 N–H and O–H groups in total. The Hall–Kier alpha value is -0.940. The largest absolute Gasteiger partial charge is 0.298 e. The number of carbonyl (C=O) groups is 1. The van der Waals surface area contributed by atoms with Crippen molar-refractivity contribution < 1.29 is 4.79 Å².